The molecule has 1 aromatic heterocycles. The lowest BCUT2D eigenvalue weighted by atomic mass is 9.87. The zero-order valence-corrected chi connectivity index (χ0v) is 23.3. The highest BCUT2D eigenvalue weighted by molar-refractivity contribution is 7.99. The summed E-state index contributed by atoms with van der Waals surface area (Å²) in [5, 5.41) is 23.2. The highest BCUT2D eigenvalue weighted by Crippen LogP contribution is 2.31. The molecule has 0 aliphatic carbocycles. The maximum atomic E-state index is 12.5. The van der Waals surface area contributed by atoms with Crippen molar-refractivity contribution < 1.29 is 19.4 Å². The summed E-state index contributed by atoms with van der Waals surface area (Å²) in [5.74, 6) is 1.53. The monoisotopic (exact) mass is 545 g/mol. The normalized spacial score (nSPS) is 11.5. The van der Waals surface area contributed by atoms with Crippen LogP contribution in [-0.2, 0) is 10.2 Å². The number of carbonyl (C=O) groups is 1. The van der Waals surface area contributed by atoms with Crippen LogP contribution in [0.1, 0.15) is 31.9 Å². The van der Waals surface area contributed by atoms with Gasteiger partial charge in [-0.3, -0.25) is 9.36 Å². The molecule has 9 nitrogen and oxygen atoms in total. The number of amides is 1. The Balaban J connectivity index is 1.53. The highest BCUT2D eigenvalue weighted by Gasteiger charge is 2.19. The Morgan fingerprint density at radius 2 is 1.74 bits per heavy atom. The second-order valence-electron chi connectivity index (χ2n) is 9.68. The number of hydrazone groups is 1. The maximum absolute atomic E-state index is 12.5. The number of thioether (sulfide) groups is 1. The van der Waals surface area contributed by atoms with E-state index in [0.29, 0.717) is 22.3 Å². The third-order valence-corrected chi connectivity index (χ3v) is 6.84. The van der Waals surface area contributed by atoms with Gasteiger partial charge in [-0.05, 0) is 59.0 Å². The van der Waals surface area contributed by atoms with Crippen molar-refractivity contribution in [2.24, 2.45) is 5.10 Å². The van der Waals surface area contributed by atoms with Crippen molar-refractivity contribution in [3.63, 3.8) is 0 Å². The quantitative estimate of drug-likeness (QED) is 0.169. The molecule has 0 unspecified atom stereocenters. The van der Waals surface area contributed by atoms with Gasteiger partial charge < -0.3 is 14.6 Å². The summed E-state index contributed by atoms with van der Waals surface area (Å²) >= 11 is 1.26. The van der Waals surface area contributed by atoms with E-state index in [2.05, 4.69) is 53.6 Å². The van der Waals surface area contributed by atoms with Crippen LogP contribution >= 0.6 is 11.8 Å². The van der Waals surface area contributed by atoms with Crippen LogP contribution in [0.15, 0.2) is 77.0 Å². The van der Waals surface area contributed by atoms with Gasteiger partial charge in [0.15, 0.2) is 22.5 Å². The molecule has 4 rings (SSSR count). The fraction of sp³-hybridized carbons (Fsp3) is 0.241. The van der Waals surface area contributed by atoms with E-state index in [-0.39, 0.29) is 22.8 Å². The van der Waals surface area contributed by atoms with E-state index in [9.17, 15) is 9.90 Å². The summed E-state index contributed by atoms with van der Waals surface area (Å²) in [6.45, 7) is 6.52. The molecule has 3 aromatic carbocycles. The van der Waals surface area contributed by atoms with Crippen LogP contribution in [0.2, 0.25) is 0 Å². The Morgan fingerprint density at radius 1 is 1.03 bits per heavy atom. The number of nitrogens with zero attached hydrogens (tertiary/aromatic N) is 4. The molecule has 0 radical (unpaired) electrons. The van der Waals surface area contributed by atoms with Gasteiger partial charge in [-0.2, -0.15) is 5.10 Å². The number of nitrogens with one attached hydrogen (secondary N) is 1. The van der Waals surface area contributed by atoms with Gasteiger partial charge in [-0.15, -0.1) is 10.2 Å². The van der Waals surface area contributed by atoms with Gasteiger partial charge >= 0.3 is 0 Å². The highest BCUT2D eigenvalue weighted by atomic mass is 32.2. The van der Waals surface area contributed by atoms with E-state index in [1.165, 1.54) is 36.7 Å². The van der Waals surface area contributed by atoms with Gasteiger partial charge in [0.1, 0.15) is 5.75 Å². The Hall–Kier alpha value is -4.31. The summed E-state index contributed by atoms with van der Waals surface area (Å²) in [4.78, 5) is 12.5. The Morgan fingerprint density at radius 3 is 2.38 bits per heavy atom. The molecule has 4 aromatic rings. The van der Waals surface area contributed by atoms with Gasteiger partial charge in [-0.1, -0.05) is 56.8 Å². The van der Waals surface area contributed by atoms with Crippen LogP contribution in [0.25, 0.3) is 17.1 Å². The number of carbonyl (C=O) groups excluding carboxylic acids is 1. The second-order valence-corrected chi connectivity index (χ2v) is 10.6. The lowest BCUT2D eigenvalue weighted by Gasteiger charge is -2.19. The minimum Gasteiger partial charge on any atom is -0.504 e. The summed E-state index contributed by atoms with van der Waals surface area (Å²) in [5.41, 5.74) is 6.20. The fourth-order valence-electron chi connectivity index (χ4n) is 3.75. The molecule has 0 spiro atoms. The molecule has 1 amide bonds. The molecule has 0 fully saturated rings. The summed E-state index contributed by atoms with van der Waals surface area (Å²) in [6, 6.07) is 20.7. The zero-order valence-electron chi connectivity index (χ0n) is 22.5. The van der Waals surface area contributed by atoms with E-state index in [1.54, 1.807) is 19.2 Å². The number of ether oxygens (including phenoxy) is 2. The first kappa shape index (κ1) is 27.7. The van der Waals surface area contributed by atoms with Crippen molar-refractivity contribution in [2.45, 2.75) is 31.3 Å². The summed E-state index contributed by atoms with van der Waals surface area (Å²) in [7, 11) is 3.09. The third-order valence-electron chi connectivity index (χ3n) is 5.91. The van der Waals surface area contributed by atoms with Crippen LogP contribution in [0.3, 0.4) is 0 Å². The number of methoxy groups -OCH3 is 2. The average Bonchev–Trinajstić information content (AvgIpc) is 3.36. The number of hydrogen-bond acceptors (Lipinski definition) is 8. The number of aromatic hydroxyl groups is 1. The van der Waals surface area contributed by atoms with Gasteiger partial charge in [0, 0.05) is 11.3 Å². The SMILES string of the molecule is COc1ccc(-n2c(SCC(=O)N/N=C/c3ccc(O)c(OC)c3)nnc2-c2ccc(C(C)(C)C)cc2)cc1. The van der Waals surface area contributed by atoms with E-state index in [4.69, 9.17) is 9.47 Å². The minimum atomic E-state index is -0.303. The smallest absolute Gasteiger partial charge is 0.250 e. The molecular weight excluding hydrogens is 514 g/mol. The van der Waals surface area contributed by atoms with E-state index in [0.717, 1.165) is 17.0 Å². The molecule has 0 aliphatic rings. The molecule has 0 atom stereocenters. The summed E-state index contributed by atoms with van der Waals surface area (Å²) < 4.78 is 12.3. The first-order valence-electron chi connectivity index (χ1n) is 12.2. The van der Waals surface area contributed by atoms with Gasteiger partial charge in [-0.25, -0.2) is 5.43 Å². The topological polar surface area (TPSA) is 111 Å². The second kappa shape index (κ2) is 12.0. The Bertz CT molecular complexity index is 1460. The largest absolute Gasteiger partial charge is 0.504 e. The Labute approximate surface area is 231 Å². The third kappa shape index (κ3) is 6.77. The predicted molar refractivity (Wildman–Crippen MR) is 153 cm³/mol. The van der Waals surface area contributed by atoms with Crippen LogP contribution in [0.5, 0.6) is 17.2 Å². The molecule has 202 valence electrons. The van der Waals surface area contributed by atoms with Crippen molar-refractivity contribution in [3.05, 3.63) is 77.9 Å². The van der Waals surface area contributed by atoms with Crippen LogP contribution in [0, 0.1) is 0 Å². The molecule has 2 N–H and O–H groups in total. The molecule has 0 aliphatic heterocycles. The number of aromatic nitrogens is 3. The van der Waals surface area contributed by atoms with E-state index in [1.807, 2.05) is 41.0 Å². The van der Waals surface area contributed by atoms with Crippen LogP contribution < -0.4 is 14.9 Å². The van der Waals surface area contributed by atoms with E-state index < -0.39 is 0 Å². The molecule has 0 saturated heterocycles. The number of phenols is 1. The lowest BCUT2D eigenvalue weighted by molar-refractivity contribution is -0.118. The summed E-state index contributed by atoms with van der Waals surface area (Å²) in [6.07, 6.45) is 1.48. The fourth-order valence-corrected chi connectivity index (χ4v) is 4.49. The van der Waals surface area contributed by atoms with Gasteiger partial charge in [0.2, 0.25) is 0 Å². The van der Waals surface area contributed by atoms with Crippen molar-refractivity contribution >= 4 is 23.9 Å². The van der Waals surface area contributed by atoms with E-state index >= 15 is 0 Å². The van der Waals surface area contributed by atoms with Crippen molar-refractivity contribution in [1.29, 1.82) is 0 Å². The maximum Gasteiger partial charge on any atom is 0.250 e. The number of phenolic OH excluding ortho intramolecular Hbond substituents is 1. The number of rotatable bonds is 9. The van der Waals surface area contributed by atoms with Crippen molar-refractivity contribution in [2.75, 3.05) is 20.0 Å². The first-order valence-corrected chi connectivity index (χ1v) is 13.2. The molecule has 10 heteroatoms. The lowest BCUT2D eigenvalue weighted by Crippen LogP contribution is -2.20. The van der Waals surface area contributed by atoms with Crippen LogP contribution in [0.4, 0.5) is 0 Å². The number of hydrogen-bond donors (Lipinski definition) is 2. The number of benzene rings is 3. The van der Waals surface area contributed by atoms with Crippen LogP contribution in [-0.4, -0.2) is 52.0 Å². The van der Waals surface area contributed by atoms with Crippen molar-refractivity contribution in [1.82, 2.24) is 20.2 Å². The molecule has 0 saturated carbocycles. The Kier molecular flexibility index (Phi) is 8.55. The van der Waals surface area contributed by atoms with Gasteiger partial charge in [0.05, 0.1) is 26.2 Å². The molecule has 1 heterocycles. The molecule has 0 bridgehead atoms. The predicted octanol–water partition coefficient (Wildman–Crippen LogP) is 5.20. The first-order chi connectivity index (χ1) is 18.7. The average molecular weight is 546 g/mol. The molecular formula is C29H31N5O4S. The standard InChI is InChI=1S/C29H31N5O4S/c1-29(2,3)21-9-7-20(8-10-21)27-32-33-28(34(27)22-11-13-23(37-4)14-12-22)39-18-26(36)31-30-17-19-6-15-24(35)25(16-19)38-5/h6-17,35H,18H2,1-5H3,(H,31,36)/b30-17+. The molecule has 39 heavy (non-hydrogen) atoms. The van der Waals surface area contributed by atoms with Gasteiger partial charge in [0.25, 0.3) is 5.91 Å². The minimum absolute atomic E-state index is 0.0283. The zero-order chi connectivity index (χ0) is 28.0. The van der Waals surface area contributed by atoms with Crippen molar-refractivity contribution in [3.8, 4) is 34.3 Å².